The molecule has 0 amide bonds. The lowest BCUT2D eigenvalue weighted by Gasteiger charge is -2.18. The van der Waals surface area contributed by atoms with Crippen LogP contribution in [0.4, 0.5) is 0 Å². The molecule has 2 N–H and O–H groups in total. The maximum absolute atomic E-state index is 6.39. The van der Waals surface area contributed by atoms with Gasteiger partial charge in [0, 0.05) is 33.0 Å². The van der Waals surface area contributed by atoms with Gasteiger partial charge in [0.2, 0.25) is 0 Å². The maximum Gasteiger partial charge on any atom is 0.143 e. The van der Waals surface area contributed by atoms with Crippen LogP contribution < -0.4 is 5.73 Å². The fraction of sp³-hybridized carbons (Fsp3) is 0.0652. The van der Waals surface area contributed by atoms with Crippen LogP contribution in [0, 0.1) is 0 Å². The Balaban J connectivity index is 1.04. The summed E-state index contributed by atoms with van der Waals surface area (Å²) in [7, 11) is 0. The molecule has 2 aromatic heterocycles. The van der Waals surface area contributed by atoms with E-state index in [1.807, 2.05) is 18.2 Å². The van der Waals surface area contributed by atoms with Gasteiger partial charge in [0.05, 0.1) is 16.7 Å². The van der Waals surface area contributed by atoms with E-state index in [9.17, 15) is 0 Å². The van der Waals surface area contributed by atoms with Crippen LogP contribution in [0.25, 0.3) is 66.0 Å². The van der Waals surface area contributed by atoms with Gasteiger partial charge in [-0.1, -0.05) is 133 Å². The molecule has 240 valence electrons. The minimum Gasteiger partial charge on any atom is -0.455 e. The lowest BCUT2D eigenvalue weighted by molar-refractivity contribution is 0.670. The molecule has 0 fully saturated rings. The molecule has 2 heterocycles. The molecule has 9 rings (SSSR count). The number of aromatic nitrogens is 1. The quantitative estimate of drug-likeness (QED) is 0.175. The Kier molecular flexibility index (Phi) is 7.47. The Hall–Kier alpha value is -6.39. The largest absolute Gasteiger partial charge is 0.455 e. The number of fused-ring (bicyclic) bond motifs is 6. The van der Waals surface area contributed by atoms with Crippen molar-refractivity contribution in [3.8, 4) is 22.3 Å². The number of hydrogen-bond acceptors (Lipinski definition) is 3. The fourth-order valence-electron chi connectivity index (χ4n) is 7.46. The molecule has 0 spiro atoms. The second-order valence-electron chi connectivity index (χ2n) is 12.9. The summed E-state index contributed by atoms with van der Waals surface area (Å²) in [5.41, 5.74) is 18.0. The standard InChI is InChI=1S/C46H35N3O/c47-27-26-42(33-22-20-32(21-23-33)35-13-8-12-34(28-35)31-10-2-1-3-11-31)48-30-49-43-18-6-4-14-38(43)41-29-36(24-25-44(41)49)37-16-9-17-40-39-15-5-7-19-45(39)50-46(37)40/h1-20,22-29,32H,21,30,47H2/b27-26-,48-42?. The Labute approximate surface area is 290 Å². The van der Waals surface area contributed by atoms with E-state index in [4.69, 9.17) is 15.1 Å². The van der Waals surface area contributed by atoms with Crippen molar-refractivity contribution in [2.75, 3.05) is 0 Å². The van der Waals surface area contributed by atoms with E-state index >= 15 is 0 Å². The molecule has 6 aromatic carbocycles. The van der Waals surface area contributed by atoms with Crippen molar-refractivity contribution in [1.82, 2.24) is 4.57 Å². The summed E-state index contributed by atoms with van der Waals surface area (Å²) in [5.74, 6) is 0.308. The average molecular weight is 646 g/mol. The number of nitrogens with two attached hydrogens (primary N) is 1. The number of hydrogen-bond donors (Lipinski definition) is 1. The highest BCUT2D eigenvalue weighted by Crippen LogP contribution is 2.38. The predicted octanol–water partition coefficient (Wildman–Crippen LogP) is 11.6. The van der Waals surface area contributed by atoms with Crippen LogP contribution in [-0.4, -0.2) is 10.3 Å². The molecule has 0 radical (unpaired) electrons. The molecule has 1 unspecified atom stereocenters. The van der Waals surface area contributed by atoms with Crippen LogP contribution in [0.3, 0.4) is 0 Å². The average Bonchev–Trinajstić information content (AvgIpc) is 3.72. The van der Waals surface area contributed by atoms with Crippen molar-refractivity contribution < 1.29 is 4.42 Å². The highest BCUT2D eigenvalue weighted by Gasteiger charge is 2.17. The third-order valence-corrected chi connectivity index (χ3v) is 9.94. The van der Waals surface area contributed by atoms with E-state index in [0.717, 1.165) is 61.8 Å². The molecule has 4 nitrogen and oxygen atoms in total. The second kappa shape index (κ2) is 12.6. The van der Waals surface area contributed by atoms with E-state index < -0.39 is 0 Å². The van der Waals surface area contributed by atoms with Gasteiger partial charge in [-0.15, -0.1) is 0 Å². The summed E-state index contributed by atoms with van der Waals surface area (Å²) < 4.78 is 8.69. The maximum atomic E-state index is 6.39. The fourth-order valence-corrected chi connectivity index (χ4v) is 7.46. The van der Waals surface area contributed by atoms with Gasteiger partial charge in [-0.05, 0) is 70.8 Å². The van der Waals surface area contributed by atoms with Crippen molar-refractivity contribution in [1.29, 1.82) is 0 Å². The highest BCUT2D eigenvalue weighted by atomic mass is 16.3. The van der Waals surface area contributed by atoms with Gasteiger partial charge in [0.15, 0.2) is 0 Å². The number of furan rings is 1. The number of benzene rings is 6. The Morgan fingerprint density at radius 2 is 1.46 bits per heavy atom. The topological polar surface area (TPSA) is 56.4 Å². The van der Waals surface area contributed by atoms with Crippen molar-refractivity contribution in [2.24, 2.45) is 10.7 Å². The number of allylic oxidation sites excluding steroid dienone is 5. The van der Waals surface area contributed by atoms with Gasteiger partial charge in [-0.2, -0.15) is 0 Å². The summed E-state index contributed by atoms with van der Waals surface area (Å²) in [5, 5.41) is 4.66. The van der Waals surface area contributed by atoms with Gasteiger partial charge in [0.25, 0.3) is 0 Å². The van der Waals surface area contributed by atoms with Gasteiger partial charge >= 0.3 is 0 Å². The first-order valence-corrected chi connectivity index (χ1v) is 17.1. The molecule has 4 heteroatoms. The molecular weight excluding hydrogens is 611 g/mol. The van der Waals surface area contributed by atoms with E-state index in [-0.39, 0.29) is 0 Å². The molecule has 8 aromatic rings. The van der Waals surface area contributed by atoms with E-state index in [0.29, 0.717) is 12.6 Å². The lowest BCUT2D eigenvalue weighted by Crippen LogP contribution is -2.07. The van der Waals surface area contributed by atoms with Crippen LogP contribution >= 0.6 is 0 Å². The molecule has 0 aliphatic heterocycles. The summed E-state index contributed by atoms with van der Waals surface area (Å²) in [4.78, 5) is 5.16. The zero-order chi connectivity index (χ0) is 33.4. The van der Waals surface area contributed by atoms with Crippen LogP contribution in [0.5, 0.6) is 0 Å². The molecule has 1 atom stereocenters. The first kappa shape index (κ1) is 29.7. The minimum absolute atomic E-state index is 0.308. The Bertz CT molecular complexity index is 2670. The highest BCUT2D eigenvalue weighted by molar-refractivity contribution is 6.13. The molecule has 50 heavy (non-hydrogen) atoms. The third-order valence-electron chi connectivity index (χ3n) is 9.94. The molecule has 0 bridgehead atoms. The van der Waals surface area contributed by atoms with Crippen molar-refractivity contribution in [2.45, 2.75) is 19.0 Å². The summed E-state index contributed by atoms with van der Waals surface area (Å²) in [6, 6.07) is 49.3. The van der Waals surface area contributed by atoms with Gasteiger partial charge in [-0.3, -0.25) is 4.99 Å². The number of rotatable bonds is 7. The molecule has 0 saturated carbocycles. The van der Waals surface area contributed by atoms with E-state index in [1.165, 1.54) is 27.5 Å². The lowest BCUT2D eigenvalue weighted by atomic mass is 9.87. The SMILES string of the molecule is N/C=C\C(=NCn1c2ccccc2c2cc(-c3cccc4c3oc3ccccc34)ccc21)C1=CCC(c2cccc(-c3ccccc3)c2)C=C1. The first-order chi connectivity index (χ1) is 24.7. The monoisotopic (exact) mass is 645 g/mol. The molecule has 1 aliphatic carbocycles. The zero-order valence-electron chi connectivity index (χ0n) is 27.5. The van der Waals surface area contributed by atoms with Crippen LogP contribution in [0.15, 0.2) is 185 Å². The summed E-state index contributed by atoms with van der Waals surface area (Å²) in [6.07, 6.45) is 11.2. The van der Waals surface area contributed by atoms with Gasteiger partial charge in [-0.25, -0.2) is 0 Å². The smallest absolute Gasteiger partial charge is 0.143 e. The van der Waals surface area contributed by atoms with Crippen molar-refractivity contribution >= 4 is 49.5 Å². The van der Waals surface area contributed by atoms with Crippen LogP contribution in [0.2, 0.25) is 0 Å². The third kappa shape index (κ3) is 5.22. The minimum atomic E-state index is 0.308. The van der Waals surface area contributed by atoms with E-state index in [1.54, 1.807) is 6.20 Å². The molecular formula is C46H35N3O. The summed E-state index contributed by atoms with van der Waals surface area (Å²) >= 11 is 0. The Morgan fingerprint density at radius 1 is 0.700 bits per heavy atom. The van der Waals surface area contributed by atoms with Crippen LogP contribution in [-0.2, 0) is 6.67 Å². The van der Waals surface area contributed by atoms with Crippen LogP contribution in [0.1, 0.15) is 17.9 Å². The normalized spacial score (nSPS) is 15.2. The summed E-state index contributed by atoms with van der Waals surface area (Å²) in [6.45, 7) is 0.468. The number of aliphatic imine (C=N–C) groups is 1. The Morgan fingerprint density at radius 3 is 2.32 bits per heavy atom. The second-order valence-corrected chi connectivity index (χ2v) is 12.9. The number of para-hydroxylation sites is 3. The zero-order valence-corrected chi connectivity index (χ0v) is 27.5. The van der Waals surface area contributed by atoms with Crippen molar-refractivity contribution in [3.05, 3.63) is 181 Å². The molecule has 1 aliphatic rings. The molecule has 0 saturated heterocycles. The van der Waals surface area contributed by atoms with Gasteiger partial charge < -0.3 is 14.7 Å². The van der Waals surface area contributed by atoms with E-state index in [2.05, 4.69) is 150 Å². The predicted molar refractivity (Wildman–Crippen MR) is 209 cm³/mol. The van der Waals surface area contributed by atoms with Crippen molar-refractivity contribution in [3.63, 3.8) is 0 Å². The first-order valence-electron chi connectivity index (χ1n) is 17.1. The van der Waals surface area contributed by atoms with Gasteiger partial charge in [0.1, 0.15) is 17.8 Å². The number of nitrogens with zero attached hydrogens (tertiary/aromatic N) is 2.